The molecule has 17 heavy (non-hydrogen) atoms. The van der Waals surface area contributed by atoms with Crippen molar-refractivity contribution in [1.82, 2.24) is 9.55 Å². The van der Waals surface area contributed by atoms with Crippen LogP contribution >= 0.6 is 0 Å². The molecule has 4 heteroatoms. The quantitative estimate of drug-likeness (QED) is 0.758. The van der Waals surface area contributed by atoms with E-state index in [0.717, 1.165) is 11.1 Å². The predicted octanol–water partition coefficient (Wildman–Crippen LogP) is 2.03. The van der Waals surface area contributed by atoms with Gasteiger partial charge in [-0.15, -0.1) is 0 Å². The van der Waals surface area contributed by atoms with Crippen LogP contribution in [0.1, 0.15) is 21.6 Å². The normalized spacial score (nSPS) is 10.2. The fourth-order valence-electron chi connectivity index (χ4n) is 1.70. The molecule has 0 radical (unpaired) electrons. The Bertz CT molecular complexity index is 532. The maximum absolute atomic E-state index is 11.5. The minimum Gasteiger partial charge on any atom is -0.464 e. The van der Waals surface area contributed by atoms with Crippen LogP contribution in [0, 0.1) is 6.92 Å². The largest absolute Gasteiger partial charge is 0.464 e. The second-order valence-corrected chi connectivity index (χ2v) is 3.82. The number of carbonyl (C=O) groups is 1. The Hall–Kier alpha value is -2.10. The number of pyridine rings is 1. The number of hydrogen-bond acceptors (Lipinski definition) is 3. The highest BCUT2D eigenvalue weighted by Gasteiger charge is 2.11. The maximum Gasteiger partial charge on any atom is 0.354 e. The molecule has 0 saturated heterocycles. The number of methoxy groups -OCH3 is 1. The molecule has 0 spiro atoms. The van der Waals surface area contributed by atoms with Crippen molar-refractivity contribution < 1.29 is 9.53 Å². The molecule has 0 atom stereocenters. The Balaban J connectivity index is 2.28. The number of aryl methyl sites for hydroxylation is 1. The molecule has 2 aromatic heterocycles. The van der Waals surface area contributed by atoms with Crippen LogP contribution in [0.15, 0.2) is 36.8 Å². The van der Waals surface area contributed by atoms with Crippen molar-refractivity contribution in [1.29, 1.82) is 0 Å². The average Bonchev–Trinajstić information content (AvgIpc) is 2.79. The summed E-state index contributed by atoms with van der Waals surface area (Å²) in [6.07, 6.45) is 5.44. The summed E-state index contributed by atoms with van der Waals surface area (Å²) in [7, 11) is 1.39. The van der Waals surface area contributed by atoms with E-state index in [4.69, 9.17) is 4.74 Å². The molecule has 2 heterocycles. The molecule has 0 fully saturated rings. The van der Waals surface area contributed by atoms with Gasteiger partial charge in [0.1, 0.15) is 5.69 Å². The average molecular weight is 230 g/mol. The summed E-state index contributed by atoms with van der Waals surface area (Å²) >= 11 is 0. The van der Waals surface area contributed by atoms with Gasteiger partial charge in [-0.3, -0.25) is 4.98 Å². The van der Waals surface area contributed by atoms with E-state index in [1.807, 2.05) is 36.0 Å². The summed E-state index contributed by atoms with van der Waals surface area (Å²) in [4.78, 5) is 15.6. The monoisotopic (exact) mass is 230 g/mol. The van der Waals surface area contributed by atoms with E-state index in [2.05, 4.69) is 4.98 Å². The molecule has 0 unspecified atom stereocenters. The Labute approximate surface area is 99.9 Å². The lowest BCUT2D eigenvalue weighted by molar-refractivity contribution is 0.0589. The molecule has 0 saturated carbocycles. The first-order chi connectivity index (χ1) is 8.22. The van der Waals surface area contributed by atoms with Crippen LogP contribution < -0.4 is 0 Å². The van der Waals surface area contributed by atoms with Gasteiger partial charge in [-0.05, 0) is 36.2 Å². The van der Waals surface area contributed by atoms with E-state index in [1.54, 1.807) is 12.3 Å². The Morgan fingerprint density at radius 1 is 1.47 bits per heavy atom. The molecular formula is C13H14N2O2. The van der Waals surface area contributed by atoms with E-state index in [1.165, 1.54) is 7.11 Å². The summed E-state index contributed by atoms with van der Waals surface area (Å²) in [6, 6.07) is 5.54. The van der Waals surface area contributed by atoms with Crippen molar-refractivity contribution in [2.24, 2.45) is 0 Å². The molecule has 0 N–H and O–H groups in total. The third-order valence-electron chi connectivity index (χ3n) is 2.70. The van der Waals surface area contributed by atoms with Gasteiger partial charge in [-0.2, -0.15) is 0 Å². The summed E-state index contributed by atoms with van der Waals surface area (Å²) in [6.45, 7) is 2.65. The number of rotatable bonds is 3. The fourth-order valence-corrected chi connectivity index (χ4v) is 1.70. The van der Waals surface area contributed by atoms with E-state index < -0.39 is 0 Å². The number of nitrogens with zero attached hydrogens (tertiary/aromatic N) is 2. The van der Waals surface area contributed by atoms with Gasteiger partial charge < -0.3 is 9.30 Å². The highest BCUT2D eigenvalue weighted by Crippen LogP contribution is 2.11. The van der Waals surface area contributed by atoms with Crippen LogP contribution in [-0.4, -0.2) is 22.6 Å². The van der Waals surface area contributed by atoms with Gasteiger partial charge in [0.05, 0.1) is 7.11 Å². The third kappa shape index (κ3) is 2.36. The molecule has 88 valence electrons. The molecule has 0 aromatic carbocycles. The molecule has 2 rings (SSSR count). The number of hydrogen-bond donors (Lipinski definition) is 0. The zero-order chi connectivity index (χ0) is 12.3. The second kappa shape index (κ2) is 4.82. The minimum atomic E-state index is -0.318. The highest BCUT2D eigenvalue weighted by atomic mass is 16.5. The van der Waals surface area contributed by atoms with Crippen molar-refractivity contribution >= 4 is 5.97 Å². The summed E-state index contributed by atoms with van der Waals surface area (Å²) in [5.41, 5.74) is 2.81. The summed E-state index contributed by atoms with van der Waals surface area (Å²) in [5.74, 6) is -0.318. The zero-order valence-corrected chi connectivity index (χ0v) is 9.88. The molecule has 0 amide bonds. The highest BCUT2D eigenvalue weighted by molar-refractivity contribution is 5.87. The van der Waals surface area contributed by atoms with Crippen molar-refractivity contribution in [2.45, 2.75) is 13.5 Å². The fraction of sp³-hybridized carbons (Fsp3) is 0.231. The minimum absolute atomic E-state index is 0.318. The van der Waals surface area contributed by atoms with E-state index in [9.17, 15) is 4.79 Å². The van der Waals surface area contributed by atoms with Crippen LogP contribution in [0.5, 0.6) is 0 Å². The first kappa shape index (κ1) is 11.4. The van der Waals surface area contributed by atoms with Gasteiger partial charge in [0, 0.05) is 25.1 Å². The molecule has 4 nitrogen and oxygen atoms in total. The van der Waals surface area contributed by atoms with Crippen LogP contribution in [0.4, 0.5) is 0 Å². The number of esters is 1. The predicted molar refractivity (Wildman–Crippen MR) is 63.8 cm³/mol. The third-order valence-corrected chi connectivity index (χ3v) is 2.70. The number of carbonyl (C=O) groups excluding carboxylic acids is 1. The molecular weight excluding hydrogens is 216 g/mol. The maximum atomic E-state index is 11.5. The van der Waals surface area contributed by atoms with Gasteiger partial charge in [0.25, 0.3) is 0 Å². The lowest BCUT2D eigenvalue weighted by atomic mass is 10.1. The van der Waals surface area contributed by atoms with Crippen LogP contribution in [-0.2, 0) is 11.3 Å². The Kier molecular flexibility index (Phi) is 3.23. The molecule has 2 aromatic rings. The summed E-state index contributed by atoms with van der Waals surface area (Å²) in [5, 5.41) is 0. The van der Waals surface area contributed by atoms with E-state index in [-0.39, 0.29) is 5.97 Å². The van der Waals surface area contributed by atoms with E-state index in [0.29, 0.717) is 12.2 Å². The Morgan fingerprint density at radius 3 is 3.00 bits per heavy atom. The van der Waals surface area contributed by atoms with E-state index >= 15 is 0 Å². The van der Waals surface area contributed by atoms with Crippen molar-refractivity contribution in [3.8, 4) is 0 Å². The lowest BCUT2D eigenvalue weighted by Crippen LogP contribution is -2.11. The first-order valence-electron chi connectivity index (χ1n) is 5.35. The van der Waals surface area contributed by atoms with Gasteiger partial charge in [0.2, 0.25) is 0 Å². The SMILES string of the molecule is COC(=O)c1cccn1Cc1ccncc1C. The van der Waals surface area contributed by atoms with Crippen LogP contribution in [0.3, 0.4) is 0 Å². The smallest absolute Gasteiger partial charge is 0.354 e. The van der Waals surface area contributed by atoms with Crippen molar-refractivity contribution in [2.75, 3.05) is 7.11 Å². The van der Waals surface area contributed by atoms with Gasteiger partial charge in [-0.25, -0.2) is 4.79 Å². The van der Waals surface area contributed by atoms with Gasteiger partial charge >= 0.3 is 5.97 Å². The topological polar surface area (TPSA) is 44.1 Å². The van der Waals surface area contributed by atoms with Crippen molar-refractivity contribution in [3.63, 3.8) is 0 Å². The molecule has 0 aliphatic carbocycles. The molecule has 0 bridgehead atoms. The van der Waals surface area contributed by atoms with Crippen LogP contribution in [0.2, 0.25) is 0 Å². The first-order valence-corrected chi connectivity index (χ1v) is 5.35. The molecule has 0 aliphatic rings. The summed E-state index contributed by atoms with van der Waals surface area (Å²) < 4.78 is 6.60. The van der Waals surface area contributed by atoms with Crippen molar-refractivity contribution in [3.05, 3.63) is 53.6 Å². The second-order valence-electron chi connectivity index (χ2n) is 3.82. The van der Waals surface area contributed by atoms with Crippen LogP contribution in [0.25, 0.3) is 0 Å². The Morgan fingerprint density at radius 2 is 2.29 bits per heavy atom. The van der Waals surface area contributed by atoms with Gasteiger partial charge in [0.15, 0.2) is 0 Å². The number of aromatic nitrogens is 2. The molecule has 0 aliphatic heterocycles. The zero-order valence-electron chi connectivity index (χ0n) is 9.88. The van der Waals surface area contributed by atoms with Gasteiger partial charge in [-0.1, -0.05) is 0 Å². The standard InChI is InChI=1S/C13H14N2O2/c1-10-8-14-6-5-11(10)9-15-7-3-4-12(15)13(16)17-2/h3-8H,9H2,1-2H3. The number of ether oxygens (including phenoxy) is 1. The lowest BCUT2D eigenvalue weighted by Gasteiger charge is -2.09.